The Morgan fingerprint density at radius 3 is 0.900 bits per heavy atom. The Balaban J connectivity index is -0.00000000246. The second-order valence-electron chi connectivity index (χ2n) is 0.101. The van der Waals surface area contributed by atoms with Crippen LogP contribution in [0, 0.1) is 0 Å². The summed E-state index contributed by atoms with van der Waals surface area (Å²) in [6, 6.07) is 0. The zero-order valence-electron chi connectivity index (χ0n) is 5.29. The summed E-state index contributed by atoms with van der Waals surface area (Å²) >= 11 is 9.53. The van der Waals surface area contributed by atoms with E-state index in [1.807, 2.05) is 0 Å². The number of aliphatic hydroxyl groups is 1. The first-order valence-electron chi connectivity index (χ1n) is 0.982. The van der Waals surface area contributed by atoms with E-state index in [9.17, 15) is 0 Å². The molecule has 8 heteroatoms. The quantitative estimate of drug-likeness (QED) is 0.446. The van der Waals surface area contributed by atoms with Crippen LogP contribution < -0.4 is 0 Å². The molecule has 0 atom stereocenters. The van der Waals surface area contributed by atoms with Crippen LogP contribution in [-0.4, -0.2) is 52.3 Å². The molecular formula is C2H6Al2Cl2O4. The van der Waals surface area contributed by atoms with Crippen molar-refractivity contribution >= 4 is 57.9 Å². The van der Waals surface area contributed by atoms with Crippen LogP contribution in [0.1, 0.15) is 0 Å². The van der Waals surface area contributed by atoms with Gasteiger partial charge >= 0.3 is 34.7 Å². The third-order valence-corrected chi connectivity index (χ3v) is 0. The van der Waals surface area contributed by atoms with Crippen molar-refractivity contribution in [1.82, 2.24) is 0 Å². The summed E-state index contributed by atoms with van der Waals surface area (Å²) in [5, 5.41) is 7.19. The minimum Gasteiger partial charge on any atom is -2.00 e. The minimum atomic E-state index is 0. The van der Waals surface area contributed by atoms with Crippen molar-refractivity contribution in [3.63, 3.8) is 0 Å². The zero-order valence-corrected chi connectivity index (χ0v) is 9.11. The first kappa shape index (κ1) is 62.8. The van der Waals surface area contributed by atoms with Crippen LogP contribution >= 0.6 is 23.2 Å². The van der Waals surface area contributed by atoms with Crippen molar-refractivity contribution in [1.29, 1.82) is 0 Å². The van der Waals surface area contributed by atoms with E-state index in [-0.39, 0.29) is 56.5 Å². The van der Waals surface area contributed by atoms with Gasteiger partial charge in [-0.2, -0.15) is 0 Å². The van der Waals surface area contributed by atoms with E-state index in [1.54, 1.807) is 0 Å². The predicted molar refractivity (Wildman–Crippen MR) is 38.3 cm³/mol. The van der Waals surface area contributed by atoms with E-state index in [2.05, 4.69) is 0 Å². The van der Waals surface area contributed by atoms with Crippen molar-refractivity contribution in [2.75, 3.05) is 12.4 Å². The second kappa shape index (κ2) is 153. The Kier molecular flexibility index (Phi) is 959. The molecule has 0 saturated heterocycles. The van der Waals surface area contributed by atoms with Gasteiger partial charge in [0.25, 0.3) is 0 Å². The van der Waals surface area contributed by atoms with Crippen molar-refractivity contribution in [3.8, 4) is 0 Å². The van der Waals surface area contributed by atoms with Gasteiger partial charge in [-0.15, -0.1) is 23.2 Å². The summed E-state index contributed by atoms with van der Waals surface area (Å²) in [6.07, 6.45) is 0. The van der Waals surface area contributed by atoms with E-state index in [0.717, 1.165) is 7.11 Å². The van der Waals surface area contributed by atoms with E-state index in [1.165, 1.54) is 0 Å². The van der Waals surface area contributed by atoms with Gasteiger partial charge in [-0.25, -0.2) is 0 Å². The standard InChI is InChI=1S/CH2Cl2.CH4O.2Al.3O/c2-1-3;1-2;;;;;/h1H2;2H,1H3;;;;;/q;;2*+3;3*-2. The van der Waals surface area contributed by atoms with Crippen molar-refractivity contribution in [3.05, 3.63) is 0 Å². The van der Waals surface area contributed by atoms with Crippen molar-refractivity contribution in [2.45, 2.75) is 0 Å². The Morgan fingerprint density at radius 1 is 0.900 bits per heavy atom. The van der Waals surface area contributed by atoms with Gasteiger partial charge in [0.15, 0.2) is 0 Å². The molecule has 0 aromatic carbocycles. The fourth-order valence-corrected chi connectivity index (χ4v) is 0. The number of halogens is 2. The molecule has 4 nitrogen and oxygen atoms in total. The summed E-state index contributed by atoms with van der Waals surface area (Å²) in [5.74, 6) is 0. The maximum Gasteiger partial charge on any atom is 3.00 e. The average Bonchev–Trinajstić information content (AvgIpc) is 1.46. The number of aliphatic hydroxyl groups excluding tert-OH is 1. The van der Waals surface area contributed by atoms with E-state index < -0.39 is 0 Å². The SMILES string of the molecule is CO.ClCCl.[Al+3].[Al+3].[O-2].[O-2].[O-2]. The van der Waals surface area contributed by atoms with Gasteiger partial charge in [0.2, 0.25) is 0 Å². The monoisotopic (exact) mass is 218 g/mol. The van der Waals surface area contributed by atoms with Gasteiger partial charge in [-0.3, -0.25) is 0 Å². The van der Waals surface area contributed by atoms with E-state index in [4.69, 9.17) is 28.3 Å². The molecule has 0 fully saturated rings. The van der Waals surface area contributed by atoms with Crippen LogP contribution in [0.25, 0.3) is 0 Å². The third-order valence-electron chi connectivity index (χ3n) is 0. The molecule has 0 amide bonds. The molecule has 0 saturated carbocycles. The molecule has 0 aliphatic heterocycles. The molecule has 0 rings (SSSR count). The maximum absolute atomic E-state index is 7.00. The average molecular weight is 219 g/mol. The molecule has 1 N–H and O–H groups in total. The summed E-state index contributed by atoms with van der Waals surface area (Å²) in [5.41, 5.74) is 0. The second-order valence-corrected chi connectivity index (χ2v) is 0.909. The fourth-order valence-electron chi connectivity index (χ4n) is 0. The van der Waals surface area contributed by atoms with Crippen molar-refractivity contribution < 1.29 is 21.5 Å². The Bertz CT molecular complexity index is 19.2. The molecule has 0 aromatic rings. The molecule has 0 heterocycles. The van der Waals surface area contributed by atoms with Gasteiger partial charge in [0, 0.05) is 7.11 Å². The van der Waals surface area contributed by atoms with Crippen LogP contribution in [-0.2, 0) is 16.4 Å². The molecule has 0 unspecified atom stereocenters. The van der Waals surface area contributed by atoms with Crippen LogP contribution in [0.15, 0.2) is 0 Å². The largest absolute Gasteiger partial charge is 3.00 e. The van der Waals surface area contributed by atoms with Gasteiger partial charge in [0.1, 0.15) is 0 Å². The van der Waals surface area contributed by atoms with Gasteiger partial charge in [-0.1, -0.05) is 0 Å². The van der Waals surface area contributed by atoms with Gasteiger partial charge in [-0.05, 0) is 0 Å². The van der Waals surface area contributed by atoms with Gasteiger partial charge in [0.05, 0.1) is 5.34 Å². The first-order valence-corrected chi connectivity index (χ1v) is 2.05. The summed E-state index contributed by atoms with van der Waals surface area (Å²) in [7, 11) is 1.00. The third kappa shape index (κ3) is 310. The normalized spacial score (nSPS) is 2.40. The zero-order chi connectivity index (χ0) is 4.71. The molecule has 0 aromatic heterocycles. The molecular weight excluding hydrogens is 213 g/mol. The Labute approximate surface area is 91.7 Å². The summed E-state index contributed by atoms with van der Waals surface area (Å²) in [4.78, 5) is 0. The molecule has 0 bridgehead atoms. The first-order chi connectivity index (χ1) is 2.41. The predicted octanol–water partition coefficient (Wildman–Crippen LogP) is -0.0880. The molecule has 58 valence electrons. The van der Waals surface area contributed by atoms with Crippen LogP contribution in [0.2, 0.25) is 0 Å². The smallest absolute Gasteiger partial charge is 2.00 e. The Morgan fingerprint density at radius 2 is 0.900 bits per heavy atom. The summed E-state index contributed by atoms with van der Waals surface area (Å²) < 4.78 is 0. The molecule has 0 radical (unpaired) electrons. The molecule has 0 aliphatic carbocycles. The Hall–Kier alpha value is 1.48. The van der Waals surface area contributed by atoms with E-state index in [0.29, 0.717) is 0 Å². The van der Waals surface area contributed by atoms with Crippen molar-refractivity contribution in [2.24, 2.45) is 0 Å². The number of alkyl halides is 2. The van der Waals surface area contributed by atoms with E-state index >= 15 is 0 Å². The molecule has 10 heavy (non-hydrogen) atoms. The van der Waals surface area contributed by atoms with Gasteiger partial charge < -0.3 is 21.5 Å². The fraction of sp³-hybridized carbons (Fsp3) is 1.00. The maximum atomic E-state index is 7.00. The minimum absolute atomic E-state index is 0. The van der Waals surface area contributed by atoms with Crippen LogP contribution in [0.5, 0.6) is 0 Å². The summed E-state index contributed by atoms with van der Waals surface area (Å²) in [6.45, 7) is 0. The number of rotatable bonds is 0. The topological polar surface area (TPSA) is 106 Å². The molecule has 0 aliphatic rings. The number of hydrogen-bond donors (Lipinski definition) is 1. The molecule has 0 spiro atoms. The number of hydrogen-bond acceptors (Lipinski definition) is 1. The van der Waals surface area contributed by atoms with Crippen LogP contribution in [0.4, 0.5) is 0 Å². The van der Waals surface area contributed by atoms with Crippen LogP contribution in [0.3, 0.4) is 0 Å².